The Hall–Kier alpha value is -2.28. The maximum absolute atomic E-state index is 13.1. The van der Waals surface area contributed by atoms with E-state index in [1.807, 2.05) is 11.6 Å². The minimum atomic E-state index is -4.44. The lowest BCUT2D eigenvalue weighted by Gasteiger charge is -2.37. The summed E-state index contributed by atoms with van der Waals surface area (Å²) in [5, 5.41) is 4.80. The van der Waals surface area contributed by atoms with Gasteiger partial charge in [0.2, 0.25) is 0 Å². The van der Waals surface area contributed by atoms with Crippen LogP contribution in [0, 0.1) is 12.8 Å². The Morgan fingerprint density at radius 1 is 1.20 bits per heavy atom. The maximum Gasteiger partial charge on any atom is 0.416 e. The molecule has 1 atom stereocenters. The van der Waals surface area contributed by atoms with Gasteiger partial charge in [0.05, 0.1) is 22.8 Å². The predicted octanol–water partition coefficient (Wildman–Crippen LogP) is 6.09. The average molecular weight is 435 g/mol. The second-order valence-electron chi connectivity index (χ2n) is 8.36. The highest BCUT2D eigenvalue weighted by Gasteiger charge is 2.35. The van der Waals surface area contributed by atoms with E-state index in [-0.39, 0.29) is 5.02 Å². The summed E-state index contributed by atoms with van der Waals surface area (Å²) in [5.41, 5.74) is 3.86. The topological polar surface area (TPSA) is 34.0 Å². The lowest BCUT2D eigenvalue weighted by molar-refractivity contribution is -0.137. The molecule has 0 radical (unpaired) electrons. The third-order valence-electron chi connectivity index (χ3n) is 6.11. The first-order valence-electron chi connectivity index (χ1n) is 10.3. The van der Waals surface area contributed by atoms with Gasteiger partial charge in [-0.3, -0.25) is 4.68 Å². The van der Waals surface area contributed by atoms with Crippen molar-refractivity contribution in [1.29, 1.82) is 0 Å². The molecule has 3 heterocycles. The van der Waals surface area contributed by atoms with Crippen molar-refractivity contribution in [3.05, 3.63) is 40.5 Å². The molecule has 0 bridgehead atoms. The number of benzene rings is 1. The number of hydrogen-bond donors (Lipinski definition) is 0. The van der Waals surface area contributed by atoms with E-state index in [4.69, 9.17) is 21.7 Å². The van der Waals surface area contributed by atoms with E-state index >= 15 is 0 Å². The van der Waals surface area contributed by atoms with Crippen LogP contribution in [-0.2, 0) is 12.7 Å². The standard InChI is InChI=1S/C22H22ClF3N4/c1-3-15-11-30-21-18(29(15)10-13-4-5-13)8-12(2)27-20(21)19(28-30)16-7-6-14(9-17(16)23)22(24,25)26/h6-9,13,15H,3-5,10-11H2,1-2H3/t15-/m0/s1. The zero-order chi connectivity index (χ0) is 21.2. The highest BCUT2D eigenvalue weighted by molar-refractivity contribution is 6.33. The molecule has 2 aliphatic rings. The first kappa shape index (κ1) is 19.7. The predicted molar refractivity (Wildman–Crippen MR) is 112 cm³/mol. The molecule has 1 aliphatic heterocycles. The van der Waals surface area contributed by atoms with Crippen LogP contribution in [0.3, 0.4) is 0 Å². The fourth-order valence-corrected chi connectivity index (χ4v) is 4.64. The maximum atomic E-state index is 13.1. The molecule has 8 heteroatoms. The molecule has 1 fully saturated rings. The molecule has 0 N–H and O–H groups in total. The van der Waals surface area contributed by atoms with Gasteiger partial charge in [0, 0.05) is 23.8 Å². The molecule has 2 aromatic heterocycles. The molecule has 3 aromatic rings. The fourth-order valence-electron chi connectivity index (χ4n) is 4.37. The zero-order valence-corrected chi connectivity index (χ0v) is 17.6. The minimum Gasteiger partial charge on any atom is -0.365 e. The molecular weight excluding hydrogens is 413 g/mol. The van der Waals surface area contributed by atoms with Gasteiger partial charge in [-0.05, 0) is 50.3 Å². The van der Waals surface area contributed by atoms with E-state index in [0.717, 1.165) is 54.5 Å². The van der Waals surface area contributed by atoms with Crippen LogP contribution in [-0.4, -0.2) is 27.4 Å². The van der Waals surface area contributed by atoms with E-state index in [0.29, 0.717) is 22.8 Å². The van der Waals surface area contributed by atoms with E-state index in [1.165, 1.54) is 18.9 Å². The van der Waals surface area contributed by atoms with Gasteiger partial charge in [0.15, 0.2) is 0 Å². The summed E-state index contributed by atoms with van der Waals surface area (Å²) in [6.07, 6.45) is -0.908. The Kier molecular flexibility index (Phi) is 4.51. The van der Waals surface area contributed by atoms with Gasteiger partial charge in [-0.2, -0.15) is 18.3 Å². The van der Waals surface area contributed by atoms with Crippen LogP contribution in [0.15, 0.2) is 24.3 Å². The third kappa shape index (κ3) is 3.23. The fraction of sp³-hybridized carbons (Fsp3) is 0.455. The van der Waals surface area contributed by atoms with Crippen LogP contribution < -0.4 is 4.90 Å². The van der Waals surface area contributed by atoms with Gasteiger partial charge in [0.1, 0.15) is 16.7 Å². The number of alkyl halides is 3. The highest BCUT2D eigenvalue weighted by atomic mass is 35.5. The summed E-state index contributed by atoms with van der Waals surface area (Å²) in [7, 11) is 0. The Labute approximate surface area is 177 Å². The van der Waals surface area contributed by atoms with Crippen molar-refractivity contribution in [3.8, 4) is 11.3 Å². The van der Waals surface area contributed by atoms with Crippen molar-refractivity contribution in [1.82, 2.24) is 14.8 Å². The van der Waals surface area contributed by atoms with Crippen molar-refractivity contribution in [2.24, 2.45) is 5.92 Å². The summed E-state index contributed by atoms with van der Waals surface area (Å²) in [5.74, 6) is 0.737. The highest BCUT2D eigenvalue weighted by Crippen LogP contribution is 2.42. The van der Waals surface area contributed by atoms with Crippen LogP contribution in [0.2, 0.25) is 5.02 Å². The molecular formula is C22H22ClF3N4. The number of pyridine rings is 1. The SMILES string of the molecule is CC[C@H]1Cn2nc(-c3ccc(C(F)(F)F)cc3Cl)c3nc(C)cc(c32)N1CC1CC1. The van der Waals surface area contributed by atoms with Crippen LogP contribution in [0.4, 0.5) is 18.9 Å². The van der Waals surface area contributed by atoms with Gasteiger partial charge >= 0.3 is 6.18 Å². The molecule has 4 nitrogen and oxygen atoms in total. The Morgan fingerprint density at radius 2 is 1.97 bits per heavy atom. The molecule has 0 spiro atoms. The summed E-state index contributed by atoms with van der Waals surface area (Å²) in [6.45, 7) is 5.88. The Balaban J connectivity index is 1.68. The molecule has 1 aromatic carbocycles. The van der Waals surface area contributed by atoms with Gasteiger partial charge in [0.25, 0.3) is 0 Å². The van der Waals surface area contributed by atoms with Crippen molar-refractivity contribution in [2.75, 3.05) is 11.4 Å². The Bertz CT molecular complexity index is 1130. The van der Waals surface area contributed by atoms with Crippen LogP contribution in [0.1, 0.15) is 37.4 Å². The van der Waals surface area contributed by atoms with Crippen LogP contribution in [0.25, 0.3) is 22.3 Å². The first-order valence-corrected chi connectivity index (χ1v) is 10.7. The molecule has 30 heavy (non-hydrogen) atoms. The Morgan fingerprint density at radius 3 is 2.60 bits per heavy atom. The van der Waals surface area contributed by atoms with Crippen molar-refractivity contribution < 1.29 is 13.2 Å². The molecule has 1 saturated carbocycles. The lowest BCUT2D eigenvalue weighted by atomic mass is 10.0. The van der Waals surface area contributed by atoms with E-state index < -0.39 is 11.7 Å². The number of aromatic nitrogens is 3. The quantitative estimate of drug-likeness (QED) is 0.498. The largest absolute Gasteiger partial charge is 0.416 e. The van der Waals surface area contributed by atoms with E-state index in [1.54, 1.807) is 0 Å². The summed E-state index contributed by atoms with van der Waals surface area (Å²) >= 11 is 6.29. The second kappa shape index (κ2) is 6.87. The van der Waals surface area contributed by atoms with Crippen LogP contribution in [0.5, 0.6) is 0 Å². The first-order chi connectivity index (χ1) is 14.3. The summed E-state index contributed by atoms with van der Waals surface area (Å²) in [4.78, 5) is 7.20. The van der Waals surface area contributed by atoms with E-state index in [2.05, 4.69) is 17.9 Å². The monoisotopic (exact) mass is 434 g/mol. The van der Waals surface area contributed by atoms with Crippen molar-refractivity contribution >= 4 is 28.3 Å². The molecule has 5 rings (SSSR count). The third-order valence-corrected chi connectivity index (χ3v) is 6.43. The molecule has 0 unspecified atom stereocenters. The summed E-state index contributed by atoms with van der Waals surface area (Å²) < 4.78 is 41.2. The van der Waals surface area contributed by atoms with E-state index in [9.17, 15) is 13.2 Å². The minimum absolute atomic E-state index is 0.0300. The normalized spacial score (nSPS) is 19.0. The van der Waals surface area contributed by atoms with Crippen LogP contribution >= 0.6 is 11.6 Å². The van der Waals surface area contributed by atoms with Gasteiger partial charge in [-0.15, -0.1) is 0 Å². The number of halogens is 4. The number of anilines is 1. The number of aryl methyl sites for hydroxylation is 1. The summed E-state index contributed by atoms with van der Waals surface area (Å²) in [6, 6.07) is 5.85. The zero-order valence-electron chi connectivity index (χ0n) is 16.8. The lowest BCUT2D eigenvalue weighted by Crippen LogP contribution is -2.42. The van der Waals surface area contributed by atoms with Gasteiger partial charge < -0.3 is 4.90 Å². The number of nitrogens with zero attached hydrogens (tertiary/aromatic N) is 4. The molecule has 0 saturated heterocycles. The van der Waals surface area contributed by atoms with Gasteiger partial charge in [-0.1, -0.05) is 24.6 Å². The van der Waals surface area contributed by atoms with Crippen molar-refractivity contribution in [3.63, 3.8) is 0 Å². The van der Waals surface area contributed by atoms with Crippen molar-refractivity contribution in [2.45, 2.75) is 51.9 Å². The molecule has 158 valence electrons. The smallest absolute Gasteiger partial charge is 0.365 e. The number of rotatable bonds is 4. The molecule has 1 aliphatic carbocycles. The second-order valence-corrected chi connectivity index (χ2v) is 8.77. The average Bonchev–Trinajstić information content (AvgIpc) is 3.43. The molecule has 0 amide bonds. The number of hydrogen-bond acceptors (Lipinski definition) is 3. The van der Waals surface area contributed by atoms with Gasteiger partial charge in [-0.25, -0.2) is 4.98 Å².